The van der Waals surface area contributed by atoms with E-state index in [0.29, 0.717) is 23.3 Å². The summed E-state index contributed by atoms with van der Waals surface area (Å²) in [5.41, 5.74) is 10.3. The van der Waals surface area contributed by atoms with Crippen molar-refractivity contribution < 1.29 is 4.74 Å². The fourth-order valence-corrected chi connectivity index (χ4v) is 3.13. The Hall–Kier alpha value is -2.66. The molecule has 0 saturated carbocycles. The molecule has 3 rings (SSSR count). The van der Waals surface area contributed by atoms with Gasteiger partial charge < -0.3 is 20.8 Å². The average Bonchev–Trinajstić information content (AvgIpc) is 2.91. The Morgan fingerprint density at radius 3 is 2.84 bits per heavy atom. The fraction of sp³-hybridized carbons (Fsp3) is 0.211. The van der Waals surface area contributed by atoms with Crippen LogP contribution in [0.5, 0.6) is 5.75 Å². The van der Waals surface area contributed by atoms with E-state index in [9.17, 15) is 0 Å². The highest BCUT2D eigenvalue weighted by Gasteiger charge is 2.07. The molecule has 4 N–H and O–H groups in total. The van der Waals surface area contributed by atoms with Crippen molar-refractivity contribution in [3.05, 3.63) is 58.7 Å². The number of aliphatic imine (C=N–C) groups is 1. The van der Waals surface area contributed by atoms with Crippen LogP contribution in [0.15, 0.2) is 47.5 Å². The van der Waals surface area contributed by atoms with Gasteiger partial charge in [-0.1, -0.05) is 29.8 Å². The minimum absolute atomic E-state index is 0.360. The van der Waals surface area contributed by atoms with E-state index in [0.717, 1.165) is 17.6 Å². The summed E-state index contributed by atoms with van der Waals surface area (Å²) in [4.78, 5) is 7.81. The van der Waals surface area contributed by atoms with E-state index in [1.54, 1.807) is 19.2 Å². The first kappa shape index (κ1) is 17.2. The second kappa shape index (κ2) is 7.49. The van der Waals surface area contributed by atoms with Gasteiger partial charge in [-0.25, -0.2) is 0 Å². The summed E-state index contributed by atoms with van der Waals surface area (Å²) in [6, 6.07) is 13.7. The Morgan fingerprint density at radius 1 is 1.28 bits per heavy atom. The number of halogens is 1. The smallest absolute Gasteiger partial charge is 0.193 e. The zero-order valence-electron chi connectivity index (χ0n) is 14.3. The number of guanidine groups is 1. The molecule has 0 aliphatic carbocycles. The number of nitrogens with one attached hydrogen (secondary N) is 2. The third-order valence-electron chi connectivity index (χ3n) is 4.10. The van der Waals surface area contributed by atoms with Gasteiger partial charge in [0, 0.05) is 28.8 Å². The number of methoxy groups -OCH3 is 1. The van der Waals surface area contributed by atoms with Crippen LogP contribution in [-0.4, -0.2) is 24.6 Å². The Morgan fingerprint density at radius 2 is 2.08 bits per heavy atom. The minimum atomic E-state index is 0.360. The summed E-state index contributed by atoms with van der Waals surface area (Å²) in [7, 11) is 1.58. The highest BCUT2D eigenvalue weighted by molar-refractivity contribution is 6.32. The summed E-state index contributed by atoms with van der Waals surface area (Å²) < 4.78 is 5.13. The molecular formula is C19H21ClN4O. The highest BCUT2D eigenvalue weighted by atomic mass is 35.5. The van der Waals surface area contributed by atoms with Crippen molar-refractivity contribution in [1.82, 2.24) is 4.98 Å². The van der Waals surface area contributed by atoms with Crippen molar-refractivity contribution in [3.63, 3.8) is 0 Å². The molecule has 6 heteroatoms. The van der Waals surface area contributed by atoms with Gasteiger partial charge in [0.25, 0.3) is 0 Å². The number of nitrogens with zero attached hydrogens (tertiary/aromatic N) is 1. The largest absolute Gasteiger partial charge is 0.495 e. The quantitative estimate of drug-likeness (QED) is 0.475. The number of aryl methyl sites for hydroxylation is 1. The van der Waals surface area contributed by atoms with Crippen LogP contribution in [0, 0.1) is 6.92 Å². The number of para-hydroxylation sites is 1. The molecule has 0 amide bonds. The van der Waals surface area contributed by atoms with Crippen LogP contribution >= 0.6 is 11.6 Å². The molecule has 0 fully saturated rings. The monoisotopic (exact) mass is 356 g/mol. The van der Waals surface area contributed by atoms with Crippen molar-refractivity contribution in [2.24, 2.45) is 10.7 Å². The summed E-state index contributed by atoms with van der Waals surface area (Å²) in [5, 5.41) is 4.81. The molecule has 1 aromatic heterocycles. The lowest BCUT2D eigenvalue weighted by Gasteiger charge is -2.08. The predicted octanol–water partition coefficient (Wildman–Crippen LogP) is 4.11. The maximum absolute atomic E-state index is 6.11. The van der Waals surface area contributed by atoms with E-state index in [1.165, 1.54) is 16.6 Å². The number of H-pyrrole nitrogens is 1. The molecule has 0 bridgehead atoms. The number of fused-ring (bicyclic) bond motifs is 1. The van der Waals surface area contributed by atoms with Crippen molar-refractivity contribution in [1.29, 1.82) is 0 Å². The summed E-state index contributed by atoms with van der Waals surface area (Å²) >= 11 is 6.11. The van der Waals surface area contributed by atoms with E-state index >= 15 is 0 Å². The minimum Gasteiger partial charge on any atom is -0.495 e. The van der Waals surface area contributed by atoms with E-state index in [-0.39, 0.29) is 0 Å². The maximum atomic E-state index is 6.11. The first-order valence-electron chi connectivity index (χ1n) is 8.05. The number of hydrogen-bond donors (Lipinski definition) is 3. The van der Waals surface area contributed by atoms with Crippen LogP contribution in [0.25, 0.3) is 10.9 Å². The zero-order valence-corrected chi connectivity index (χ0v) is 15.0. The van der Waals surface area contributed by atoms with Crippen molar-refractivity contribution in [2.75, 3.05) is 19.0 Å². The normalized spacial score (nSPS) is 11.7. The number of nitrogens with two attached hydrogens (primary N) is 1. The Balaban J connectivity index is 1.65. The number of aromatic nitrogens is 1. The lowest BCUT2D eigenvalue weighted by molar-refractivity contribution is 0.415. The van der Waals surface area contributed by atoms with Crippen molar-refractivity contribution in [3.8, 4) is 5.75 Å². The number of benzene rings is 2. The predicted molar refractivity (Wildman–Crippen MR) is 105 cm³/mol. The van der Waals surface area contributed by atoms with Crippen molar-refractivity contribution in [2.45, 2.75) is 13.3 Å². The summed E-state index contributed by atoms with van der Waals surface area (Å²) in [6.45, 7) is 2.69. The third-order valence-corrected chi connectivity index (χ3v) is 4.39. The first-order chi connectivity index (χ1) is 12.1. The van der Waals surface area contributed by atoms with Gasteiger partial charge in [0.05, 0.1) is 12.1 Å². The van der Waals surface area contributed by atoms with Crippen molar-refractivity contribution >= 4 is 34.2 Å². The molecule has 0 aliphatic heterocycles. The van der Waals surface area contributed by atoms with Gasteiger partial charge in [-0.3, -0.25) is 4.99 Å². The molecule has 2 aromatic carbocycles. The van der Waals surface area contributed by atoms with Crippen LogP contribution < -0.4 is 15.8 Å². The molecule has 0 unspecified atom stereocenters. The summed E-state index contributed by atoms with van der Waals surface area (Å²) in [6.07, 6.45) is 0.821. The lowest BCUT2D eigenvalue weighted by Crippen LogP contribution is -2.23. The zero-order chi connectivity index (χ0) is 17.8. The van der Waals surface area contributed by atoms with Crippen LogP contribution in [0.4, 0.5) is 5.69 Å². The second-order valence-electron chi connectivity index (χ2n) is 5.77. The molecule has 0 radical (unpaired) electrons. The fourth-order valence-electron chi connectivity index (χ4n) is 2.88. The molecule has 1 heterocycles. The highest BCUT2D eigenvalue weighted by Crippen LogP contribution is 2.27. The summed E-state index contributed by atoms with van der Waals surface area (Å²) in [5.74, 6) is 0.983. The molecular weight excluding hydrogens is 336 g/mol. The molecule has 130 valence electrons. The first-order valence-corrected chi connectivity index (χ1v) is 8.43. The molecule has 0 atom stereocenters. The number of rotatable bonds is 5. The Bertz CT molecular complexity index is 917. The molecule has 0 saturated heterocycles. The van der Waals surface area contributed by atoms with Crippen LogP contribution in [0.1, 0.15) is 11.3 Å². The topological polar surface area (TPSA) is 75.4 Å². The maximum Gasteiger partial charge on any atom is 0.193 e. The van der Waals surface area contributed by atoms with Gasteiger partial charge in [0.15, 0.2) is 5.96 Å². The molecule has 3 aromatic rings. The lowest BCUT2D eigenvalue weighted by atomic mass is 10.1. The van der Waals surface area contributed by atoms with Gasteiger partial charge in [-0.15, -0.1) is 0 Å². The second-order valence-corrected chi connectivity index (χ2v) is 6.17. The van der Waals surface area contributed by atoms with E-state index in [2.05, 4.69) is 34.3 Å². The van der Waals surface area contributed by atoms with Gasteiger partial charge in [-0.2, -0.15) is 0 Å². The number of anilines is 1. The standard InChI is InChI=1S/C19H21ClN4O/c1-12-14(15-5-3-4-6-17(15)23-12)9-10-22-19(21)24-13-7-8-18(25-2)16(20)11-13/h3-8,11,23H,9-10H2,1-2H3,(H3,21,22,24). The van der Waals surface area contributed by atoms with Crippen LogP contribution in [-0.2, 0) is 6.42 Å². The van der Waals surface area contributed by atoms with E-state index in [4.69, 9.17) is 22.1 Å². The molecule has 5 nitrogen and oxygen atoms in total. The number of aromatic amines is 1. The third kappa shape index (κ3) is 3.88. The molecule has 0 spiro atoms. The molecule has 0 aliphatic rings. The average molecular weight is 357 g/mol. The van der Waals surface area contributed by atoms with Gasteiger partial charge in [0.1, 0.15) is 5.75 Å². The Labute approximate surface area is 151 Å². The SMILES string of the molecule is COc1ccc(NC(N)=NCCc2c(C)[nH]c3ccccc23)cc1Cl. The van der Waals surface area contributed by atoms with Crippen LogP contribution in [0.3, 0.4) is 0 Å². The van der Waals surface area contributed by atoms with Gasteiger partial charge >= 0.3 is 0 Å². The molecule has 25 heavy (non-hydrogen) atoms. The number of hydrogen-bond acceptors (Lipinski definition) is 2. The van der Waals surface area contributed by atoms with E-state index < -0.39 is 0 Å². The Kier molecular flexibility index (Phi) is 5.14. The van der Waals surface area contributed by atoms with Crippen LogP contribution in [0.2, 0.25) is 5.02 Å². The van der Waals surface area contributed by atoms with E-state index in [1.807, 2.05) is 18.2 Å². The van der Waals surface area contributed by atoms with Gasteiger partial charge in [0.2, 0.25) is 0 Å². The van der Waals surface area contributed by atoms with Gasteiger partial charge in [-0.05, 0) is 43.2 Å². The number of ether oxygens (including phenoxy) is 1.